The van der Waals surface area contributed by atoms with E-state index in [0.29, 0.717) is 13.1 Å². The van der Waals surface area contributed by atoms with Crippen LogP contribution in [0.25, 0.3) is 0 Å². The van der Waals surface area contributed by atoms with Gasteiger partial charge < -0.3 is 15.1 Å². The monoisotopic (exact) mass is 253 g/mol. The molecule has 0 aromatic carbocycles. The lowest BCUT2D eigenvalue weighted by Gasteiger charge is -2.36. The smallest absolute Gasteiger partial charge is 0.319 e. The molecule has 102 valence electrons. The van der Waals surface area contributed by atoms with Crippen molar-refractivity contribution in [3.8, 4) is 0 Å². The van der Waals surface area contributed by atoms with Gasteiger partial charge in [-0.15, -0.1) is 0 Å². The van der Waals surface area contributed by atoms with E-state index in [4.69, 9.17) is 0 Å². The number of carbonyl (C=O) groups excluding carboxylic acids is 2. The van der Waals surface area contributed by atoms with Gasteiger partial charge in [0.25, 0.3) is 0 Å². The maximum absolute atomic E-state index is 12.3. The molecule has 5 nitrogen and oxygen atoms in total. The number of amides is 3. The minimum Gasteiger partial charge on any atom is -0.359 e. The highest BCUT2D eigenvalue weighted by atomic mass is 16.2. The molecule has 0 aliphatic carbocycles. The molecule has 0 spiro atoms. The van der Waals surface area contributed by atoms with Crippen LogP contribution in [0.2, 0.25) is 0 Å². The van der Waals surface area contributed by atoms with E-state index in [-0.39, 0.29) is 17.9 Å². The number of urea groups is 1. The summed E-state index contributed by atoms with van der Waals surface area (Å²) in [6.07, 6.45) is 5.07. The van der Waals surface area contributed by atoms with Gasteiger partial charge in [0, 0.05) is 39.1 Å². The van der Waals surface area contributed by atoms with Gasteiger partial charge >= 0.3 is 6.03 Å². The maximum atomic E-state index is 12.3. The van der Waals surface area contributed by atoms with Crippen molar-refractivity contribution in [2.24, 2.45) is 5.92 Å². The zero-order valence-electron chi connectivity index (χ0n) is 11.2. The van der Waals surface area contributed by atoms with Crippen LogP contribution < -0.4 is 5.32 Å². The van der Waals surface area contributed by atoms with E-state index in [0.717, 1.165) is 38.8 Å². The molecule has 0 aromatic rings. The summed E-state index contributed by atoms with van der Waals surface area (Å²) in [6.45, 7) is 3.23. The fourth-order valence-corrected chi connectivity index (χ4v) is 2.82. The van der Waals surface area contributed by atoms with E-state index in [9.17, 15) is 9.59 Å². The quantitative estimate of drug-likeness (QED) is 0.759. The first kappa shape index (κ1) is 13.2. The molecule has 0 saturated carbocycles. The lowest BCUT2D eigenvalue weighted by Crippen LogP contribution is -2.49. The molecule has 5 heteroatoms. The summed E-state index contributed by atoms with van der Waals surface area (Å²) >= 11 is 0. The van der Waals surface area contributed by atoms with Crippen LogP contribution in [0.15, 0.2) is 0 Å². The number of nitrogens with zero attached hydrogens (tertiary/aromatic N) is 2. The van der Waals surface area contributed by atoms with Crippen LogP contribution in [0.4, 0.5) is 4.79 Å². The van der Waals surface area contributed by atoms with E-state index in [2.05, 4.69) is 5.32 Å². The van der Waals surface area contributed by atoms with Crippen LogP contribution in [0.5, 0.6) is 0 Å². The highest BCUT2D eigenvalue weighted by Gasteiger charge is 2.29. The molecule has 2 rings (SSSR count). The van der Waals surface area contributed by atoms with Crippen LogP contribution in [0.3, 0.4) is 0 Å². The lowest BCUT2D eigenvalue weighted by atomic mass is 9.96. The summed E-state index contributed by atoms with van der Waals surface area (Å²) < 4.78 is 0. The minimum absolute atomic E-state index is 0.0837. The average Bonchev–Trinajstić information content (AvgIpc) is 2.47. The molecule has 3 amide bonds. The number of rotatable bonds is 1. The maximum Gasteiger partial charge on any atom is 0.319 e. The molecule has 2 fully saturated rings. The zero-order chi connectivity index (χ0) is 13.0. The first-order valence-corrected chi connectivity index (χ1v) is 6.98. The van der Waals surface area contributed by atoms with Crippen molar-refractivity contribution in [2.75, 3.05) is 33.2 Å². The van der Waals surface area contributed by atoms with Crippen LogP contribution in [-0.2, 0) is 4.79 Å². The molecule has 1 N–H and O–H groups in total. The summed E-state index contributed by atoms with van der Waals surface area (Å²) in [5.74, 6) is 0.195. The molecular weight excluding hydrogens is 230 g/mol. The fraction of sp³-hybridized carbons (Fsp3) is 0.846. The Morgan fingerprint density at radius 1 is 0.944 bits per heavy atom. The molecule has 2 aliphatic rings. The average molecular weight is 253 g/mol. The summed E-state index contributed by atoms with van der Waals surface area (Å²) in [7, 11) is 1.67. The molecule has 2 aliphatic heterocycles. The Balaban J connectivity index is 1.81. The Morgan fingerprint density at radius 3 is 2.06 bits per heavy atom. The van der Waals surface area contributed by atoms with Crippen molar-refractivity contribution < 1.29 is 9.59 Å². The van der Waals surface area contributed by atoms with Crippen LogP contribution in [0, 0.1) is 5.92 Å². The van der Waals surface area contributed by atoms with Crippen molar-refractivity contribution in [1.82, 2.24) is 15.1 Å². The van der Waals surface area contributed by atoms with Gasteiger partial charge in [-0.2, -0.15) is 0 Å². The van der Waals surface area contributed by atoms with Crippen molar-refractivity contribution in [2.45, 2.75) is 32.1 Å². The van der Waals surface area contributed by atoms with Gasteiger partial charge in [0.2, 0.25) is 5.91 Å². The molecule has 0 radical (unpaired) electrons. The Hall–Kier alpha value is -1.26. The summed E-state index contributed by atoms with van der Waals surface area (Å²) in [5.41, 5.74) is 0. The van der Waals surface area contributed by atoms with Gasteiger partial charge in [0.1, 0.15) is 0 Å². The number of piperidine rings is 2. The topological polar surface area (TPSA) is 52.7 Å². The van der Waals surface area contributed by atoms with E-state index < -0.39 is 0 Å². The SMILES string of the molecule is CNC(=O)C1CCN(C(=O)N2CCCCC2)CC1. The number of nitrogens with one attached hydrogen (secondary N) is 1. The Morgan fingerprint density at radius 2 is 1.50 bits per heavy atom. The van der Waals surface area contributed by atoms with Gasteiger partial charge in [-0.3, -0.25) is 4.79 Å². The lowest BCUT2D eigenvalue weighted by molar-refractivity contribution is -0.125. The van der Waals surface area contributed by atoms with E-state index in [1.807, 2.05) is 9.80 Å². The second-order valence-corrected chi connectivity index (χ2v) is 5.21. The third kappa shape index (κ3) is 2.94. The fourth-order valence-electron chi connectivity index (χ4n) is 2.82. The first-order valence-electron chi connectivity index (χ1n) is 6.98. The van der Waals surface area contributed by atoms with Crippen molar-refractivity contribution >= 4 is 11.9 Å². The second kappa shape index (κ2) is 6.07. The van der Waals surface area contributed by atoms with E-state index >= 15 is 0 Å². The highest BCUT2D eigenvalue weighted by molar-refractivity contribution is 5.79. The predicted molar refractivity (Wildman–Crippen MR) is 69.2 cm³/mol. The van der Waals surface area contributed by atoms with Gasteiger partial charge in [0.15, 0.2) is 0 Å². The summed E-state index contributed by atoms with van der Waals surface area (Å²) in [5, 5.41) is 2.69. The first-order chi connectivity index (χ1) is 8.72. The van der Waals surface area contributed by atoms with Gasteiger partial charge in [-0.1, -0.05) is 0 Å². The Kier molecular flexibility index (Phi) is 4.44. The number of likely N-dealkylation sites (tertiary alicyclic amines) is 2. The number of hydrogen-bond donors (Lipinski definition) is 1. The standard InChI is InChI=1S/C13H23N3O2/c1-14-12(17)11-5-9-16(10-6-11)13(18)15-7-3-2-4-8-15/h11H,2-10H2,1H3,(H,14,17). The summed E-state index contributed by atoms with van der Waals surface area (Å²) in [6, 6.07) is 0.171. The Bertz CT molecular complexity index is 305. The number of carbonyl (C=O) groups is 2. The Labute approximate surface area is 108 Å². The predicted octanol–water partition coefficient (Wildman–Crippen LogP) is 1.05. The highest BCUT2D eigenvalue weighted by Crippen LogP contribution is 2.19. The van der Waals surface area contributed by atoms with Crippen LogP contribution >= 0.6 is 0 Å². The van der Waals surface area contributed by atoms with Crippen molar-refractivity contribution in [3.05, 3.63) is 0 Å². The van der Waals surface area contributed by atoms with Crippen molar-refractivity contribution in [3.63, 3.8) is 0 Å². The van der Waals surface area contributed by atoms with Gasteiger partial charge in [-0.25, -0.2) is 4.79 Å². The summed E-state index contributed by atoms with van der Waals surface area (Å²) in [4.78, 5) is 27.6. The van der Waals surface area contributed by atoms with Crippen molar-refractivity contribution in [1.29, 1.82) is 0 Å². The molecule has 0 bridgehead atoms. The van der Waals surface area contributed by atoms with E-state index in [1.165, 1.54) is 6.42 Å². The van der Waals surface area contributed by atoms with E-state index in [1.54, 1.807) is 7.05 Å². The molecule has 0 aromatic heterocycles. The minimum atomic E-state index is 0.0837. The van der Waals surface area contributed by atoms with Crippen LogP contribution in [0.1, 0.15) is 32.1 Å². The third-order valence-corrected chi connectivity index (χ3v) is 4.01. The normalized spacial score (nSPS) is 21.8. The molecule has 2 saturated heterocycles. The number of hydrogen-bond acceptors (Lipinski definition) is 2. The largest absolute Gasteiger partial charge is 0.359 e. The molecule has 2 heterocycles. The van der Waals surface area contributed by atoms with Gasteiger partial charge in [-0.05, 0) is 32.1 Å². The molecular formula is C13H23N3O2. The van der Waals surface area contributed by atoms with Crippen LogP contribution in [-0.4, -0.2) is 55.0 Å². The van der Waals surface area contributed by atoms with Gasteiger partial charge in [0.05, 0.1) is 0 Å². The molecule has 0 atom stereocenters. The molecule has 0 unspecified atom stereocenters. The third-order valence-electron chi connectivity index (χ3n) is 4.01. The second-order valence-electron chi connectivity index (χ2n) is 5.21. The molecule has 18 heavy (non-hydrogen) atoms. The zero-order valence-corrected chi connectivity index (χ0v) is 11.2.